The monoisotopic (exact) mass is 404 g/mol. The van der Waals surface area contributed by atoms with Gasteiger partial charge in [0.2, 0.25) is 10.0 Å². The maximum absolute atomic E-state index is 12.7. The third-order valence-corrected chi connectivity index (χ3v) is 6.54. The van der Waals surface area contributed by atoms with Crippen molar-refractivity contribution in [3.8, 4) is 11.5 Å². The predicted molar refractivity (Wildman–Crippen MR) is 109 cm³/mol. The van der Waals surface area contributed by atoms with Crippen LogP contribution in [0.3, 0.4) is 0 Å². The van der Waals surface area contributed by atoms with Crippen LogP contribution in [0.4, 0.5) is 11.4 Å². The SMILES string of the molecule is CCS(=O)(=O)N1CCCc2cc(C(=O)Nc3ccc(OC)c(OC)c3)ccc21. The summed E-state index contributed by atoms with van der Waals surface area (Å²) >= 11 is 0. The summed E-state index contributed by atoms with van der Waals surface area (Å²) in [4.78, 5) is 12.7. The lowest BCUT2D eigenvalue weighted by Crippen LogP contribution is -2.36. The number of nitrogens with zero attached hydrogens (tertiary/aromatic N) is 1. The van der Waals surface area contributed by atoms with Gasteiger partial charge in [0.05, 0.1) is 25.7 Å². The summed E-state index contributed by atoms with van der Waals surface area (Å²) in [6.45, 7) is 2.11. The summed E-state index contributed by atoms with van der Waals surface area (Å²) in [5, 5.41) is 2.84. The van der Waals surface area contributed by atoms with E-state index in [1.165, 1.54) is 11.4 Å². The van der Waals surface area contributed by atoms with Crippen molar-refractivity contribution < 1.29 is 22.7 Å². The first kappa shape index (κ1) is 20.0. The van der Waals surface area contributed by atoms with Gasteiger partial charge in [-0.1, -0.05) is 0 Å². The van der Waals surface area contributed by atoms with Crippen LogP contribution in [0.5, 0.6) is 11.5 Å². The molecule has 0 bridgehead atoms. The Labute approximate surface area is 165 Å². The lowest BCUT2D eigenvalue weighted by molar-refractivity contribution is 0.102. The normalized spacial score (nSPS) is 13.6. The molecule has 0 fully saturated rings. The fraction of sp³-hybridized carbons (Fsp3) is 0.350. The number of nitrogens with one attached hydrogen (secondary N) is 1. The summed E-state index contributed by atoms with van der Waals surface area (Å²) in [6, 6.07) is 10.3. The van der Waals surface area contributed by atoms with Crippen molar-refractivity contribution in [1.82, 2.24) is 0 Å². The molecule has 0 saturated heterocycles. The molecule has 150 valence electrons. The van der Waals surface area contributed by atoms with E-state index >= 15 is 0 Å². The fourth-order valence-electron chi connectivity index (χ4n) is 3.27. The number of benzene rings is 2. The largest absolute Gasteiger partial charge is 0.493 e. The number of amides is 1. The minimum atomic E-state index is -3.32. The van der Waals surface area contributed by atoms with Crippen LogP contribution in [-0.4, -0.2) is 40.8 Å². The van der Waals surface area contributed by atoms with Crippen LogP contribution in [0.2, 0.25) is 0 Å². The van der Waals surface area contributed by atoms with E-state index in [1.54, 1.807) is 50.4 Å². The molecular formula is C20H24N2O5S. The smallest absolute Gasteiger partial charge is 0.255 e. The van der Waals surface area contributed by atoms with E-state index in [4.69, 9.17) is 9.47 Å². The molecule has 0 spiro atoms. The van der Waals surface area contributed by atoms with Crippen LogP contribution in [0.1, 0.15) is 29.3 Å². The third kappa shape index (κ3) is 3.91. The van der Waals surface area contributed by atoms with Crippen molar-refractivity contribution in [3.05, 3.63) is 47.5 Å². The molecule has 0 saturated carbocycles. The highest BCUT2D eigenvalue weighted by Gasteiger charge is 2.26. The Kier molecular flexibility index (Phi) is 5.79. The second-order valence-electron chi connectivity index (χ2n) is 6.44. The summed E-state index contributed by atoms with van der Waals surface area (Å²) in [7, 11) is -0.246. The van der Waals surface area contributed by atoms with Crippen LogP contribution in [-0.2, 0) is 16.4 Å². The number of hydrogen-bond acceptors (Lipinski definition) is 5. The van der Waals surface area contributed by atoms with Crippen molar-refractivity contribution in [3.63, 3.8) is 0 Å². The second kappa shape index (κ2) is 8.10. The van der Waals surface area contributed by atoms with Gasteiger partial charge in [0, 0.05) is 23.9 Å². The zero-order chi connectivity index (χ0) is 20.3. The molecule has 2 aromatic rings. The van der Waals surface area contributed by atoms with Crippen molar-refractivity contribution in [1.29, 1.82) is 0 Å². The molecule has 0 aliphatic carbocycles. The topological polar surface area (TPSA) is 84.9 Å². The highest BCUT2D eigenvalue weighted by atomic mass is 32.2. The summed E-state index contributed by atoms with van der Waals surface area (Å²) in [5.74, 6) is 0.872. The van der Waals surface area contributed by atoms with Crippen LogP contribution in [0.15, 0.2) is 36.4 Å². The molecule has 28 heavy (non-hydrogen) atoms. The van der Waals surface area contributed by atoms with Gasteiger partial charge in [-0.15, -0.1) is 0 Å². The van der Waals surface area contributed by atoms with Gasteiger partial charge in [0.1, 0.15) is 0 Å². The molecule has 1 heterocycles. The Morgan fingerprint density at radius 3 is 2.54 bits per heavy atom. The maximum Gasteiger partial charge on any atom is 0.255 e. The number of methoxy groups -OCH3 is 2. The van der Waals surface area contributed by atoms with Crippen LogP contribution in [0, 0.1) is 0 Å². The number of sulfonamides is 1. The number of ether oxygens (including phenoxy) is 2. The quantitative estimate of drug-likeness (QED) is 0.800. The van der Waals surface area contributed by atoms with Crippen molar-refractivity contribution in [2.75, 3.05) is 36.1 Å². The van der Waals surface area contributed by atoms with Crippen molar-refractivity contribution >= 4 is 27.3 Å². The average molecular weight is 404 g/mol. The average Bonchev–Trinajstić information content (AvgIpc) is 2.72. The number of hydrogen-bond donors (Lipinski definition) is 1. The molecule has 1 aliphatic heterocycles. The van der Waals surface area contributed by atoms with Crippen molar-refractivity contribution in [2.24, 2.45) is 0 Å². The van der Waals surface area contributed by atoms with Crippen LogP contribution < -0.4 is 19.1 Å². The lowest BCUT2D eigenvalue weighted by atomic mass is 10.0. The maximum atomic E-state index is 12.7. The van der Waals surface area contributed by atoms with Gasteiger partial charge in [-0.05, 0) is 55.7 Å². The van der Waals surface area contributed by atoms with Gasteiger partial charge in [-0.3, -0.25) is 9.10 Å². The van der Waals surface area contributed by atoms with Gasteiger partial charge >= 0.3 is 0 Å². The molecule has 1 amide bonds. The number of carbonyl (C=O) groups excluding carboxylic acids is 1. The molecule has 0 radical (unpaired) electrons. The van der Waals surface area contributed by atoms with Gasteiger partial charge in [0.15, 0.2) is 11.5 Å². The van der Waals surface area contributed by atoms with Gasteiger partial charge < -0.3 is 14.8 Å². The highest BCUT2D eigenvalue weighted by molar-refractivity contribution is 7.92. The number of fused-ring (bicyclic) bond motifs is 1. The van der Waals surface area contributed by atoms with Crippen LogP contribution in [0.25, 0.3) is 0 Å². The number of aryl methyl sites for hydroxylation is 1. The first-order valence-electron chi connectivity index (χ1n) is 9.06. The molecule has 0 aromatic heterocycles. The molecule has 2 aromatic carbocycles. The fourth-order valence-corrected chi connectivity index (χ4v) is 4.46. The summed E-state index contributed by atoms with van der Waals surface area (Å²) in [6.07, 6.45) is 1.47. The number of carbonyl (C=O) groups is 1. The molecular weight excluding hydrogens is 380 g/mol. The highest BCUT2D eigenvalue weighted by Crippen LogP contribution is 2.32. The molecule has 8 heteroatoms. The van der Waals surface area contributed by atoms with E-state index in [1.807, 2.05) is 0 Å². The minimum Gasteiger partial charge on any atom is -0.493 e. The van der Waals surface area contributed by atoms with Gasteiger partial charge in [-0.25, -0.2) is 8.42 Å². The number of rotatable bonds is 6. The Bertz CT molecular complexity index is 988. The number of anilines is 2. The van der Waals surface area contributed by atoms with E-state index in [2.05, 4.69) is 5.32 Å². The Morgan fingerprint density at radius 1 is 1.11 bits per heavy atom. The van der Waals surface area contributed by atoms with Crippen LogP contribution >= 0.6 is 0 Å². The molecule has 1 N–H and O–H groups in total. The predicted octanol–water partition coefficient (Wildman–Crippen LogP) is 3.06. The van der Waals surface area contributed by atoms with E-state index < -0.39 is 10.0 Å². The molecule has 0 atom stereocenters. The zero-order valence-electron chi connectivity index (χ0n) is 16.2. The standard InChI is InChI=1S/C20H24N2O5S/c1-4-28(24,25)22-11-5-6-14-12-15(7-9-17(14)22)20(23)21-16-8-10-18(26-2)19(13-16)27-3/h7-10,12-13H,4-6,11H2,1-3H3,(H,21,23). The summed E-state index contributed by atoms with van der Waals surface area (Å²) < 4.78 is 36.5. The third-order valence-electron chi connectivity index (χ3n) is 4.76. The van der Waals surface area contributed by atoms with E-state index in [-0.39, 0.29) is 11.7 Å². The van der Waals surface area contributed by atoms with Gasteiger partial charge in [-0.2, -0.15) is 0 Å². The van der Waals surface area contributed by atoms with E-state index in [0.29, 0.717) is 35.0 Å². The first-order valence-corrected chi connectivity index (χ1v) is 10.7. The lowest BCUT2D eigenvalue weighted by Gasteiger charge is -2.30. The van der Waals surface area contributed by atoms with E-state index in [0.717, 1.165) is 18.4 Å². The second-order valence-corrected chi connectivity index (χ2v) is 8.63. The van der Waals surface area contributed by atoms with Gasteiger partial charge in [0.25, 0.3) is 5.91 Å². The molecule has 7 nitrogen and oxygen atoms in total. The van der Waals surface area contributed by atoms with E-state index in [9.17, 15) is 13.2 Å². The minimum absolute atomic E-state index is 0.0496. The summed E-state index contributed by atoms with van der Waals surface area (Å²) in [5.41, 5.74) is 2.58. The Morgan fingerprint density at radius 2 is 1.86 bits per heavy atom. The Hall–Kier alpha value is -2.74. The zero-order valence-corrected chi connectivity index (χ0v) is 17.0. The first-order chi connectivity index (χ1) is 13.4. The molecule has 3 rings (SSSR count). The van der Waals surface area contributed by atoms with Crippen molar-refractivity contribution in [2.45, 2.75) is 19.8 Å². The molecule has 1 aliphatic rings. The molecule has 0 unspecified atom stereocenters. The Balaban J connectivity index is 1.84.